The van der Waals surface area contributed by atoms with E-state index in [0.29, 0.717) is 0 Å². The van der Waals surface area contributed by atoms with E-state index < -0.39 is 0 Å². The minimum atomic E-state index is 0.159. The molecule has 1 heterocycles. The van der Waals surface area contributed by atoms with Gasteiger partial charge in [0.05, 0.1) is 0 Å². The van der Waals surface area contributed by atoms with Gasteiger partial charge in [-0.15, -0.1) is 6.58 Å². The van der Waals surface area contributed by atoms with Gasteiger partial charge in [0.2, 0.25) is 0 Å². The van der Waals surface area contributed by atoms with Crippen LogP contribution in [0.15, 0.2) is 36.9 Å². The molecule has 0 aromatic heterocycles. The van der Waals surface area contributed by atoms with E-state index in [1.54, 1.807) is 0 Å². The fourth-order valence-electron chi connectivity index (χ4n) is 2.30. The molecule has 1 aliphatic heterocycles. The number of piperazine rings is 1. The summed E-state index contributed by atoms with van der Waals surface area (Å²) >= 11 is 0. The van der Waals surface area contributed by atoms with Crippen molar-refractivity contribution < 1.29 is 4.79 Å². The second-order valence-electron chi connectivity index (χ2n) is 4.70. The summed E-state index contributed by atoms with van der Waals surface area (Å²) in [5.41, 5.74) is 1.88. The van der Waals surface area contributed by atoms with Gasteiger partial charge in [-0.2, -0.15) is 0 Å². The molecular formula is C15H20N2O. The molecule has 3 nitrogen and oxygen atoms in total. The molecule has 1 aromatic rings. The summed E-state index contributed by atoms with van der Waals surface area (Å²) in [6.07, 6.45) is 1.92. The zero-order valence-electron chi connectivity index (χ0n) is 10.9. The molecule has 0 unspecified atom stereocenters. The second-order valence-corrected chi connectivity index (χ2v) is 4.70. The number of aryl methyl sites for hydroxylation is 1. The van der Waals surface area contributed by atoms with Crippen LogP contribution >= 0.6 is 0 Å². The zero-order valence-corrected chi connectivity index (χ0v) is 10.9. The molecule has 3 heteroatoms. The van der Waals surface area contributed by atoms with Crippen LogP contribution in [0.5, 0.6) is 0 Å². The lowest BCUT2D eigenvalue weighted by Gasteiger charge is -2.34. The molecule has 1 aromatic carbocycles. The molecular weight excluding hydrogens is 224 g/mol. The molecule has 0 N–H and O–H groups in total. The molecule has 1 saturated heterocycles. The Bertz CT molecular complexity index is 434. The SMILES string of the molecule is C=CCN1CCN(C(=O)c2ccccc2C)CC1. The van der Waals surface area contributed by atoms with Gasteiger partial charge in [-0.3, -0.25) is 9.69 Å². The van der Waals surface area contributed by atoms with E-state index in [0.717, 1.165) is 43.9 Å². The number of hydrogen-bond donors (Lipinski definition) is 0. The number of carbonyl (C=O) groups is 1. The number of carbonyl (C=O) groups excluding carboxylic acids is 1. The third-order valence-electron chi connectivity index (χ3n) is 3.42. The first-order valence-corrected chi connectivity index (χ1v) is 6.40. The Morgan fingerprint density at radius 3 is 2.56 bits per heavy atom. The Morgan fingerprint density at radius 2 is 1.94 bits per heavy atom. The van der Waals surface area contributed by atoms with Gasteiger partial charge in [0.15, 0.2) is 0 Å². The van der Waals surface area contributed by atoms with Crippen LogP contribution < -0.4 is 0 Å². The van der Waals surface area contributed by atoms with Gasteiger partial charge in [0.25, 0.3) is 5.91 Å². The summed E-state index contributed by atoms with van der Waals surface area (Å²) in [6, 6.07) is 7.79. The van der Waals surface area contributed by atoms with E-state index in [1.807, 2.05) is 42.2 Å². The Morgan fingerprint density at radius 1 is 1.28 bits per heavy atom. The molecule has 96 valence electrons. The highest BCUT2D eigenvalue weighted by molar-refractivity contribution is 5.95. The maximum absolute atomic E-state index is 12.4. The van der Waals surface area contributed by atoms with Gasteiger partial charge in [0.1, 0.15) is 0 Å². The fraction of sp³-hybridized carbons (Fsp3) is 0.400. The van der Waals surface area contributed by atoms with Crippen molar-refractivity contribution in [2.45, 2.75) is 6.92 Å². The quantitative estimate of drug-likeness (QED) is 0.759. The predicted octanol–water partition coefficient (Wildman–Crippen LogP) is 1.94. The van der Waals surface area contributed by atoms with Crippen LogP contribution in [0.2, 0.25) is 0 Å². The van der Waals surface area contributed by atoms with E-state index in [4.69, 9.17) is 0 Å². The Kier molecular flexibility index (Phi) is 4.15. The molecule has 0 radical (unpaired) electrons. The first-order valence-electron chi connectivity index (χ1n) is 6.40. The Labute approximate surface area is 109 Å². The van der Waals surface area contributed by atoms with Crippen molar-refractivity contribution in [2.75, 3.05) is 32.7 Å². The van der Waals surface area contributed by atoms with E-state index in [1.165, 1.54) is 0 Å². The molecule has 2 rings (SSSR count). The van der Waals surface area contributed by atoms with Crippen LogP contribution in [0.3, 0.4) is 0 Å². The van der Waals surface area contributed by atoms with Crippen molar-refractivity contribution in [2.24, 2.45) is 0 Å². The monoisotopic (exact) mass is 244 g/mol. The van der Waals surface area contributed by atoms with E-state index in [-0.39, 0.29) is 5.91 Å². The summed E-state index contributed by atoms with van der Waals surface area (Å²) in [5, 5.41) is 0. The summed E-state index contributed by atoms with van der Waals surface area (Å²) in [6.45, 7) is 10.1. The smallest absolute Gasteiger partial charge is 0.254 e. The van der Waals surface area contributed by atoms with Crippen molar-refractivity contribution in [3.63, 3.8) is 0 Å². The second kappa shape index (κ2) is 5.83. The molecule has 0 atom stereocenters. The maximum Gasteiger partial charge on any atom is 0.254 e. The molecule has 18 heavy (non-hydrogen) atoms. The highest BCUT2D eigenvalue weighted by Crippen LogP contribution is 2.12. The van der Waals surface area contributed by atoms with Crippen molar-refractivity contribution in [1.29, 1.82) is 0 Å². The van der Waals surface area contributed by atoms with Crippen LogP contribution in [0.25, 0.3) is 0 Å². The average molecular weight is 244 g/mol. The predicted molar refractivity (Wildman–Crippen MR) is 73.7 cm³/mol. The lowest BCUT2D eigenvalue weighted by atomic mass is 10.1. The highest BCUT2D eigenvalue weighted by atomic mass is 16.2. The van der Waals surface area contributed by atoms with Crippen LogP contribution in [-0.4, -0.2) is 48.4 Å². The van der Waals surface area contributed by atoms with Gasteiger partial charge < -0.3 is 4.90 Å². The normalized spacial score (nSPS) is 16.6. The number of nitrogens with zero attached hydrogens (tertiary/aromatic N) is 2. The maximum atomic E-state index is 12.4. The Hall–Kier alpha value is -1.61. The van der Waals surface area contributed by atoms with E-state index >= 15 is 0 Å². The van der Waals surface area contributed by atoms with Crippen LogP contribution in [0.4, 0.5) is 0 Å². The zero-order chi connectivity index (χ0) is 13.0. The first-order chi connectivity index (χ1) is 8.72. The average Bonchev–Trinajstić information content (AvgIpc) is 2.40. The summed E-state index contributed by atoms with van der Waals surface area (Å²) in [7, 11) is 0. The topological polar surface area (TPSA) is 23.6 Å². The van der Waals surface area contributed by atoms with E-state index in [2.05, 4.69) is 11.5 Å². The molecule has 1 fully saturated rings. The molecule has 0 bridgehead atoms. The molecule has 1 amide bonds. The molecule has 0 saturated carbocycles. The van der Waals surface area contributed by atoms with Crippen LogP contribution in [0.1, 0.15) is 15.9 Å². The Balaban J connectivity index is 2.00. The standard InChI is InChI=1S/C15H20N2O/c1-3-8-16-9-11-17(12-10-16)15(18)14-7-5-4-6-13(14)2/h3-7H,1,8-12H2,2H3. The molecule has 0 spiro atoms. The number of benzene rings is 1. The van der Waals surface area contributed by atoms with Crippen LogP contribution in [-0.2, 0) is 0 Å². The van der Waals surface area contributed by atoms with Gasteiger partial charge in [-0.1, -0.05) is 24.3 Å². The van der Waals surface area contributed by atoms with Crippen molar-refractivity contribution in [1.82, 2.24) is 9.80 Å². The van der Waals surface area contributed by atoms with Gasteiger partial charge in [-0.05, 0) is 18.6 Å². The minimum absolute atomic E-state index is 0.159. The van der Waals surface area contributed by atoms with E-state index in [9.17, 15) is 4.79 Å². The molecule has 1 aliphatic rings. The largest absolute Gasteiger partial charge is 0.336 e. The third kappa shape index (κ3) is 2.79. The van der Waals surface area contributed by atoms with Crippen molar-refractivity contribution >= 4 is 5.91 Å². The highest BCUT2D eigenvalue weighted by Gasteiger charge is 2.22. The first kappa shape index (κ1) is 12.8. The summed E-state index contributed by atoms with van der Waals surface area (Å²) in [4.78, 5) is 16.6. The number of hydrogen-bond acceptors (Lipinski definition) is 2. The summed E-state index contributed by atoms with van der Waals surface area (Å²) < 4.78 is 0. The van der Waals surface area contributed by atoms with Crippen LogP contribution in [0, 0.1) is 6.92 Å². The lowest BCUT2D eigenvalue weighted by Crippen LogP contribution is -2.48. The molecule has 0 aliphatic carbocycles. The van der Waals surface area contributed by atoms with Gasteiger partial charge >= 0.3 is 0 Å². The lowest BCUT2D eigenvalue weighted by molar-refractivity contribution is 0.0649. The third-order valence-corrected chi connectivity index (χ3v) is 3.42. The minimum Gasteiger partial charge on any atom is -0.336 e. The summed E-state index contributed by atoms with van der Waals surface area (Å²) in [5.74, 6) is 0.159. The van der Waals surface area contributed by atoms with Crippen molar-refractivity contribution in [3.8, 4) is 0 Å². The van der Waals surface area contributed by atoms with Gasteiger partial charge in [-0.25, -0.2) is 0 Å². The van der Waals surface area contributed by atoms with Crippen molar-refractivity contribution in [3.05, 3.63) is 48.0 Å². The van der Waals surface area contributed by atoms with Gasteiger partial charge in [0, 0.05) is 38.3 Å². The fourth-order valence-corrected chi connectivity index (χ4v) is 2.30. The number of amides is 1. The number of rotatable bonds is 3.